The molecular weight excluding hydrogens is 528 g/mol. The second-order valence-electron chi connectivity index (χ2n) is 9.94. The molecule has 39 heavy (non-hydrogen) atoms. The second-order valence-corrected chi connectivity index (χ2v) is 10.3. The number of halogens is 3. The first-order valence-electron chi connectivity index (χ1n) is 12.6. The molecule has 0 aliphatic carbocycles. The van der Waals surface area contributed by atoms with Crippen molar-refractivity contribution in [1.29, 1.82) is 5.26 Å². The quantitative estimate of drug-likeness (QED) is 0.423. The molecule has 3 aromatic rings. The zero-order valence-corrected chi connectivity index (χ0v) is 22.3. The Morgan fingerprint density at radius 3 is 2.56 bits per heavy atom. The number of hydrogen-bond acceptors (Lipinski definition) is 5. The van der Waals surface area contributed by atoms with Gasteiger partial charge < -0.3 is 14.5 Å². The number of carbonyl (C=O) groups excluding carboxylic acids is 2. The smallest absolute Gasteiger partial charge is 0.387 e. The van der Waals surface area contributed by atoms with Crippen molar-refractivity contribution < 1.29 is 23.1 Å². The van der Waals surface area contributed by atoms with Crippen LogP contribution in [0.2, 0.25) is 5.02 Å². The molecule has 3 heterocycles. The predicted molar refractivity (Wildman–Crippen MR) is 139 cm³/mol. The first-order chi connectivity index (χ1) is 18.6. The Morgan fingerprint density at radius 1 is 1.18 bits per heavy atom. The lowest BCUT2D eigenvalue weighted by atomic mass is 9.96. The van der Waals surface area contributed by atoms with Crippen LogP contribution in [-0.2, 0) is 13.0 Å². The molecule has 1 aromatic heterocycles. The molecule has 0 bridgehead atoms. The van der Waals surface area contributed by atoms with Crippen LogP contribution in [0.1, 0.15) is 76.1 Å². The predicted octanol–water partition coefficient (Wildman–Crippen LogP) is 5.37. The van der Waals surface area contributed by atoms with E-state index >= 15 is 0 Å². The van der Waals surface area contributed by atoms with Crippen molar-refractivity contribution in [2.75, 3.05) is 6.54 Å². The molecule has 5 rings (SSSR count). The van der Waals surface area contributed by atoms with Crippen molar-refractivity contribution in [3.63, 3.8) is 0 Å². The summed E-state index contributed by atoms with van der Waals surface area (Å²) in [5, 5.41) is 14.4. The highest BCUT2D eigenvalue weighted by atomic mass is 35.5. The van der Waals surface area contributed by atoms with Gasteiger partial charge in [-0.15, -0.1) is 0 Å². The topological polar surface area (TPSA) is 91.5 Å². The van der Waals surface area contributed by atoms with Crippen LogP contribution in [0.4, 0.5) is 8.78 Å². The van der Waals surface area contributed by atoms with Gasteiger partial charge >= 0.3 is 6.61 Å². The molecule has 0 saturated heterocycles. The van der Waals surface area contributed by atoms with Crippen LogP contribution < -0.4 is 4.74 Å². The number of aromatic nitrogens is 2. The van der Waals surface area contributed by atoms with Crippen LogP contribution in [-0.4, -0.2) is 50.6 Å². The Labute approximate surface area is 229 Å². The van der Waals surface area contributed by atoms with E-state index < -0.39 is 6.61 Å². The zero-order valence-electron chi connectivity index (χ0n) is 21.6. The third-order valence-corrected chi connectivity index (χ3v) is 7.76. The van der Waals surface area contributed by atoms with Gasteiger partial charge in [0.2, 0.25) is 0 Å². The van der Waals surface area contributed by atoms with Crippen molar-refractivity contribution >= 4 is 23.4 Å². The highest BCUT2D eigenvalue weighted by molar-refractivity contribution is 6.31. The molecule has 0 spiro atoms. The molecule has 2 aliphatic heterocycles. The minimum Gasteiger partial charge on any atom is -0.435 e. The number of nitrogens with zero attached hydrogens (tertiary/aromatic N) is 5. The first-order valence-corrected chi connectivity index (χ1v) is 12.9. The summed E-state index contributed by atoms with van der Waals surface area (Å²) in [6.45, 7) is 3.51. The molecular formula is C28H26ClF2N5O3. The number of nitriles is 1. The van der Waals surface area contributed by atoms with Gasteiger partial charge in [-0.3, -0.25) is 14.3 Å². The minimum absolute atomic E-state index is 0.0490. The summed E-state index contributed by atoms with van der Waals surface area (Å²) < 4.78 is 31.3. The molecule has 0 N–H and O–H groups in total. The molecule has 2 aliphatic rings. The van der Waals surface area contributed by atoms with Crippen LogP contribution in [0.25, 0.3) is 0 Å². The second kappa shape index (κ2) is 10.3. The number of hydrogen-bond donors (Lipinski definition) is 0. The standard InChI is InChI=1S/C28H26ClF2N5O3/c1-15-10-24-22(14-34(15)26(37)19-6-9-23(29)20(11-19)12-32)25-27(38)35(13-16(2)36(25)33-24)17(3)18-4-7-21(8-5-18)39-28(30)31/h4-9,11,15-17,28H,10,13-14H2,1-3H3/t15-,16?,17?/m1/s1. The third kappa shape index (κ3) is 4.83. The lowest BCUT2D eigenvalue weighted by molar-refractivity contribution is -0.0498. The number of alkyl halides is 2. The van der Waals surface area contributed by atoms with Crippen LogP contribution in [0.3, 0.4) is 0 Å². The van der Waals surface area contributed by atoms with Gasteiger partial charge in [0.15, 0.2) is 0 Å². The summed E-state index contributed by atoms with van der Waals surface area (Å²) in [6.07, 6.45) is 0.487. The molecule has 2 unspecified atom stereocenters. The molecule has 202 valence electrons. The van der Waals surface area contributed by atoms with Crippen LogP contribution >= 0.6 is 11.6 Å². The monoisotopic (exact) mass is 553 g/mol. The number of carbonyl (C=O) groups is 2. The fourth-order valence-corrected chi connectivity index (χ4v) is 5.47. The molecule has 2 aromatic carbocycles. The first kappa shape index (κ1) is 26.6. The fourth-order valence-electron chi connectivity index (χ4n) is 5.31. The van der Waals surface area contributed by atoms with Crippen molar-refractivity contribution in [2.45, 2.75) is 58.5 Å². The molecule has 11 heteroatoms. The summed E-state index contributed by atoms with van der Waals surface area (Å²) in [7, 11) is 0. The summed E-state index contributed by atoms with van der Waals surface area (Å²) >= 11 is 6.05. The van der Waals surface area contributed by atoms with Gasteiger partial charge in [0.25, 0.3) is 11.8 Å². The SMILES string of the molecule is CC(c1ccc(OC(F)F)cc1)N1CC(C)n2nc3c(c2C1=O)CN(C(=O)c1ccc(Cl)c(C#N)c1)[C@H](C)C3. The van der Waals surface area contributed by atoms with Gasteiger partial charge in [-0.25, -0.2) is 0 Å². The van der Waals surface area contributed by atoms with E-state index in [4.69, 9.17) is 16.7 Å². The van der Waals surface area contributed by atoms with Crippen molar-refractivity contribution in [1.82, 2.24) is 19.6 Å². The van der Waals surface area contributed by atoms with Crippen molar-refractivity contribution in [3.8, 4) is 11.8 Å². The molecule has 0 radical (unpaired) electrons. The van der Waals surface area contributed by atoms with Crippen molar-refractivity contribution in [2.24, 2.45) is 0 Å². The highest BCUT2D eigenvalue weighted by Crippen LogP contribution is 2.35. The molecule has 0 fully saturated rings. The zero-order chi connectivity index (χ0) is 28.0. The largest absolute Gasteiger partial charge is 0.435 e. The summed E-state index contributed by atoms with van der Waals surface area (Å²) in [5.74, 6) is -0.413. The van der Waals surface area contributed by atoms with Gasteiger partial charge in [-0.2, -0.15) is 19.1 Å². The van der Waals surface area contributed by atoms with Gasteiger partial charge in [-0.05, 0) is 56.7 Å². The maximum Gasteiger partial charge on any atom is 0.387 e. The summed E-state index contributed by atoms with van der Waals surface area (Å²) in [5.41, 5.74) is 3.30. The molecule has 3 atom stereocenters. The Bertz CT molecular complexity index is 1480. The Hall–Kier alpha value is -3.97. The maximum absolute atomic E-state index is 13.9. The van der Waals surface area contributed by atoms with Gasteiger partial charge in [-0.1, -0.05) is 23.7 Å². The van der Waals surface area contributed by atoms with Crippen LogP contribution in [0.5, 0.6) is 5.75 Å². The van der Waals surface area contributed by atoms with E-state index in [1.165, 1.54) is 24.3 Å². The lowest BCUT2D eigenvalue weighted by Crippen LogP contribution is -2.45. The number of amides is 2. The number of benzene rings is 2. The number of fused-ring (bicyclic) bond motifs is 3. The van der Waals surface area contributed by atoms with Gasteiger partial charge in [0.1, 0.15) is 17.5 Å². The molecule has 8 nitrogen and oxygen atoms in total. The average molecular weight is 554 g/mol. The maximum atomic E-state index is 13.9. The van der Waals surface area contributed by atoms with E-state index in [2.05, 4.69) is 4.74 Å². The van der Waals surface area contributed by atoms with E-state index in [0.29, 0.717) is 29.8 Å². The van der Waals surface area contributed by atoms with E-state index in [9.17, 15) is 23.6 Å². The Balaban J connectivity index is 1.43. The Kier molecular flexibility index (Phi) is 7.03. The van der Waals surface area contributed by atoms with Gasteiger partial charge in [0, 0.05) is 30.1 Å². The summed E-state index contributed by atoms with van der Waals surface area (Å²) in [4.78, 5) is 30.8. The third-order valence-electron chi connectivity index (χ3n) is 7.43. The van der Waals surface area contributed by atoms with E-state index in [1.54, 1.807) is 32.7 Å². The van der Waals surface area contributed by atoms with Crippen LogP contribution in [0, 0.1) is 11.3 Å². The van der Waals surface area contributed by atoms with Gasteiger partial charge in [0.05, 0.1) is 34.9 Å². The normalized spacial score (nSPS) is 19.4. The van der Waals surface area contributed by atoms with Crippen LogP contribution in [0.15, 0.2) is 42.5 Å². The van der Waals surface area contributed by atoms with E-state index in [0.717, 1.165) is 11.3 Å². The minimum atomic E-state index is -2.91. The highest BCUT2D eigenvalue weighted by Gasteiger charge is 2.40. The number of rotatable bonds is 5. The lowest BCUT2D eigenvalue weighted by Gasteiger charge is -2.37. The summed E-state index contributed by atoms with van der Waals surface area (Å²) in [6, 6.07) is 12.3. The Morgan fingerprint density at radius 2 is 1.90 bits per heavy atom. The molecule has 0 saturated carbocycles. The van der Waals surface area contributed by atoms with E-state index in [-0.39, 0.29) is 52.8 Å². The van der Waals surface area contributed by atoms with Crippen molar-refractivity contribution in [3.05, 3.63) is 81.1 Å². The average Bonchev–Trinajstić information content (AvgIpc) is 3.29. The fraction of sp³-hybridized carbons (Fsp3) is 0.357. The molecule has 2 amide bonds. The number of ether oxygens (including phenoxy) is 1. The van der Waals surface area contributed by atoms with E-state index in [1.807, 2.05) is 26.8 Å².